The van der Waals surface area contributed by atoms with Crippen LogP contribution in [0.2, 0.25) is 0 Å². The Morgan fingerprint density at radius 1 is 1.42 bits per heavy atom. The number of nitrogens with two attached hydrogens (primary N) is 1. The van der Waals surface area contributed by atoms with Gasteiger partial charge in [-0.3, -0.25) is 0 Å². The normalized spacial score (nSPS) is 23.3. The van der Waals surface area contributed by atoms with Gasteiger partial charge >= 0.3 is 0 Å². The number of ether oxygens (including phenoxy) is 1. The maximum Gasteiger partial charge on any atom is 0.119 e. The first-order valence-corrected chi connectivity index (χ1v) is 7.11. The first kappa shape index (κ1) is 12.5. The van der Waals surface area contributed by atoms with Crippen LogP contribution < -0.4 is 10.5 Å². The van der Waals surface area contributed by atoms with Crippen LogP contribution in [-0.4, -0.2) is 6.61 Å². The maximum atomic E-state index is 8.81. The largest absolute Gasteiger partial charge is 0.493 e. The molecule has 2 aliphatic carbocycles. The van der Waals surface area contributed by atoms with E-state index in [2.05, 4.69) is 18.2 Å². The first-order valence-electron chi connectivity index (χ1n) is 7.11. The van der Waals surface area contributed by atoms with Gasteiger partial charge in [0.1, 0.15) is 5.75 Å². The lowest BCUT2D eigenvalue weighted by Crippen LogP contribution is -2.18. The molecule has 1 saturated carbocycles. The SMILES string of the molecule is N#CCC1(COc2ccc3c(c2)C(N)CCC3)CC1. The van der Waals surface area contributed by atoms with Crippen molar-refractivity contribution in [3.8, 4) is 11.8 Å². The van der Waals surface area contributed by atoms with Crippen LogP contribution in [0.3, 0.4) is 0 Å². The van der Waals surface area contributed by atoms with E-state index in [9.17, 15) is 0 Å². The number of benzene rings is 1. The molecule has 0 spiro atoms. The highest BCUT2D eigenvalue weighted by Gasteiger charge is 2.43. The molecule has 100 valence electrons. The lowest BCUT2D eigenvalue weighted by atomic mass is 9.88. The molecular weight excluding hydrogens is 236 g/mol. The molecule has 3 nitrogen and oxygen atoms in total. The summed E-state index contributed by atoms with van der Waals surface area (Å²) in [5.41, 5.74) is 8.90. The summed E-state index contributed by atoms with van der Waals surface area (Å²) in [7, 11) is 0. The van der Waals surface area contributed by atoms with Gasteiger partial charge in [-0.25, -0.2) is 0 Å². The minimum atomic E-state index is 0.132. The molecule has 1 unspecified atom stereocenters. The average Bonchev–Trinajstić information content (AvgIpc) is 3.18. The Morgan fingerprint density at radius 3 is 3.00 bits per heavy atom. The van der Waals surface area contributed by atoms with E-state index in [1.165, 1.54) is 17.5 Å². The van der Waals surface area contributed by atoms with E-state index in [0.29, 0.717) is 13.0 Å². The molecule has 0 aromatic heterocycles. The van der Waals surface area contributed by atoms with Crippen molar-refractivity contribution in [2.24, 2.45) is 11.1 Å². The zero-order valence-electron chi connectivity index (χ0n) is 11.2. The fourth-order valence-corrected chi connectivity index (χ4v) is 2.86. The van der Waals surface area contributed by atoms with Crippen LogP contribution in [0.1, 0.15) is 49.3 Å². The Morgan fingerprint density at radius 2 is 2.26 bits per heavy atom. The van der Waals surface area contributed by atoms with Gasteiger partial charge in [-0.15, -0.1) is 0 Å². The molecule has 0 aliphatic heterocycles. The summed E-state index contributed by atoms with van der Waals surface area (Å²) < 4.78 is 5.89. The Hall–Kier alpha value is -1.53. The second-order valence-electron chi connectivity index (χ2n) is 5.98. The molecule has 1 fully saturated rings. The number of nitriles is 1. The lowest BCUT2D eigenvalue weighted by molar-refractivity contribution is 0.236. The van der Waals surface area contributed by atoms with Crippen molar-refractivity contribution in [3.05, 3.63) is 29.3 Å². The van der Waals surface area contributed by atoms with Crippen LogP contribution in [0.4, 0.5) is 0 Å². The molecule has 19 heavy (non-hydrogen) atoms. The van der Waals surface area contributed by atoms with Crippen molar-refractivity contribution in [1.82, 2.24) is 0 Å². The predicted octanol–water partition coefficient (Wildman–Crippen LogP) is 3.10. The van der Waals surface area contributed by atoms with Gasteiger partial charge in [0.05, 0.1) is 12.7 Å². The summed E-state index contributed by atoms with van der Waals surface area (Å²) in [6.45, 7) is 0.661. The lowest BCUT2D eigenvalue weighted by Gasteiger charge is -2.23. The Bertz CT molecular complexity index is 514. The second kappa shape index (κ2) is 4.86. The quantitative estimate of drug-likeness (QED) is 0.900. The smallest absolute Gasteiger partial charge is 0.119 e. The van der Waals surface area contributed by atoms with Crippen molar-refractivity contribution in [2.75, 3.05) is 6.61 Å². The summed E-state index contributed by atoms with van der Waals surface area (Å²) in [5.74, 6) is 0.903. The first-order chi connectivity index (χ1) is 9.22. The van der Waals surface area contributed by atoms with Crippen molar-refractivity contribution < 1.29 is 4.74 Å². The van der Waals surface area contributed by atoms with E-state index < -0.39 is 0 Å². The van der Waals surface area contributed by atoms with E-state index in [0.717, 1.165) is 31.4 Å². The fourth-order valence-electron chi connectivity index (χ4n) is 2.86. The van der Waals surface area contributed by atoms with Crippen LogP contribution >= 0.6 is 0 Å². The standard InChI is InChI=1S/C16H20N2O/c17-9-8-16(6-7-16)11-19-13-5-4-12-2-1-3-15(18)14(12)10-13/h4-5,10,15H,1-3,6-8,11,18H2. The summed E-state index contributed by atoms with van der Waals surface area (Å²) in [6.07, 6.45) is 6.21. The van der Waals surface area contributed by atoms with Crippen LogP contribution in [0.25, 0.3) is 0 Å². The van der Waals surface area contributed by atoms with Gasteiger partial charge in [0.15, 0.2) is 0 Å². The van der Waals surface area contributed by atoms with E-state index >= 15 is 0 Å². The molecule has 1 aromatic rings. The third-order valence-electron chi connectivity index (χ3n) is 4.43. The molecule has 2 N–H and O–H groups in total. The minimum absolute atomic E-state index is 0.132. The van der Waals surface area contributed by atoms with Crippen molar-refractivity contribution in [1.29, 1.82) is 5.26 Å². The summed E-state index contributed by atoms with van der Waals surface area (Å²) in [4.78, 5) is 0. The molecule has 0 radical (unpaired) electrons. The molecule has 0 saturated heterocycles. The van der Waals surface area contributed by atoms with E-state index in [1.54, 1.807) is 0 Å². The minimum Gasteiger partial charge on any atom is -0.493 e. The van der Waals surface area contributed by atoms with Crippen LogP contribution in [-0.2, 0) is 6.42 Å². The third kappa shape index (κ3) is 2.59. The molecule has 0 heterocycles. The van der Waals surface area contributed by atoms with E-state index in [4.69, 9.17) is 15.7 Å². The van der Waals surface area contributed by atoms with Crippen LogP contribution in [0, 0.1) is 16.7 Å². The summed E-state index contributed by atoms with van der Waals surface area (Å²) >= 11 is 0. The average molecular weight is 256 g/mol. The van der Waals surface area contributed by atoms with E-state index in [-0.39, 0.29) is 11.5 Å². The molecule has 3 rings (SSSR count). The molecule has 2 aliphatic rings. The fraction of sp³-hybridized carbons (Fsp3) is 0.562. The number of nitrogens with zero attached hydrogens (tertiary/aromatic N) is 1. The highest BCUT2D eigenvalue weighted by molar-refractivity contribution is 5.39. The Labute approximate surface area is 114 Å². The number of rotatable bonds is 4. The zero-order chi connectivity index (χ0) is 13.3. The van der Waals surface area contributed by atoms with Crippen LogP contribution in [0.5, 0.6) is 5.75 Å². The zero-order valence-corrected chi connectivity index (χ0v) is 11.2. The summed E-state index contributed by atoms with van der Waals surface area (Å²) in [5, 5.41) is 8.81. The Kier molecular flexibility index (Phi) is 3.20. The van der Waals surface area contributed by atoms with Crippen molar-refractivity contribution in [2.45, 2.75) is 44.6 Å². The molecular formula is C16H20N2O. The second-order valence-corrected chi connectivity index (χ2v) is 5.98. The third-order valence-corrected chi connectivity index (χ3v) is 4.43. The van der Waals surface area contributed by atoms with Gasteiger partial charge in [0.25, 0.3) is 0 Å². The molecule has 0 amide bonds. The van der Waals surface area contributed by atoms with Crippen molar-refractivity contribution in [3.63, 3.8) is 0 Å². The maximum absolute atomic E-state index is 8.81. The van der Waals surface area contributed by atoms with Gasteiger partial charge in [0.2, 0.25) is 0 Å². The van der Waals surface area contributed by atoms with Gasteiger partial charge in [-0.1, -0.05) is 6.07 Å². The van der Waals surface area contributed by atoms with Gasteiger partial charge in [0, 0.05) is 17.9 Å². The van der Waals surface area contributed by atoms with Gasteiger partial charge in [-0.05, 0) is 55.4 Å². The number of fused-ring (bicyclic) bond motifs is 1. The monoisotopic (exact) mass is 256 g/mol. The topological polar surface area (TPSA) is 59.0 Å². The highest BCUT2D eigenvalue weighted by Crippen LogP contribution is 2.48. The molecule has 3 heteroatoms. The number of hydrogen-bond acceptors (Lipinski definition) is 3. The van der Waals surface area contributed by atoms with Gasteiger partial charge < -0.3 is 10.5 Å². The molecule has 1 atom stereocenters. The van der Waals surface area contributed by atoms with E-state index in [1.807, 2.05) is 6.07 Å². The van der Waals surface area contributed by atoms with Crippen LogP contribution in [0.15, 0.2) is 18.2 Å². The molecule has 1 aromatic carbocycles. The number of aryl methyl sites for hydroxylation is 1. The summed E-state index contributed by atoms with van der Waals surface area (Å²) in [6, 6.07) is 8.70. The predicted molar refractivity (Wildman–Crippen MR) is 73.7 cm³/mol. The van der Waals surface area contributed by atoms with Crippen molar-refractivity contribution >= 4 is 0 Å². The Balaban J connectivity index is 1.69. The molecule has 0 bridgehead atoms. The number of hydrogen-bond donors (Lipinski definition) is 1. The van der Waals surface area contributed by atoms with Gasteiger partial charge in [-0.2, -0.15) is 5.26 Å². The highest BCUT2D eigenvalue weighted by atomic mass is 16.5.